The maximum atomic E-state index is 10.5. The molecule has 1 aromatic heterocycles. The van der Waals surface area contributed by atoms with Crippen molar-refractivity contribution in [3.63, 3.8) is 0 Å². The Bertz CT molecular complexity index is 326. The predicted molar refractivity (Wildman–Crippen MR) is 58.3 cm³/mol. The summed E-state index contributed by atoms with van der Waals surface area (Å²) in [5.41, 5.74) is 0. The molecule has 2 unspecified atom stereocenters. The molecule has 1 saturated carbocycles. The highest BCUT2D eigenvalue weighted by Gasteiger charge is 2.25. The fraction of sp³-hybridized carbons (Fsp3) is 0.600. The van der Waals surface area contributed by atoms with Crippen LogP contribution in [0.25, 0.3) is 0 Å². The molecular formula is C10H14N2O2S. The van der Waals surface area contributed by atoms with Crippen LogP contribution in [0.5, 0.6) is 0 Å². The first-order chi connectivity index (χ1) is 7.25. The molecule has 15 heavy (non-hydrogen) atoms. The number of carbonyl (C=O) groups is 1. The van der Waals surface area contributed by atoms with Gasteiger partial charge in [-0.05, 0) is 19.3 Å². The van der Waals surface area contributed by atoms with Crippen LogP contribution in [-0.4, -0.2) is 22.2 Å². The van der Waals surface area contributed by atoms with Gasteiger partial charge in [0.05, 0.1) is 5.01 Å². The SMILES string of the molecule is O=C(O)NC1CCCC(c2nccs2)C1. The van der Waals surface area contributed by atoms with E-state index in [9.17, 15) is 4.79 Å². The van der Waals surface area contributed by atoms with Crippen LogP contribution in [0.15, 0.2) is 11.6 Å². The Kier molecular flexibility index (Phi) is 3.20. The Morgan fingerprint density at radius 1 is 1.60 bits per heavy atom. The molecule has 2 atom stereocenters. The second kappa shape index (κ2) is 4.61. The maximum absolute atomic E-state index is 10.5. The molecule has 1 aliphatic rings. The summed E-state index contributed by atoms with van der Waals surface area (Å²) in [5.74, 6) is 0.440. The topological polar surface area (TPSA) is 62.2 Å². The van der Waals surface area contributed by atoms with Gasteiger partial charge in [-0.25, -0.2) is 9.78 Å². The van der Waals surface area contributed by atoms with E-state index in [1.165, 1.54) is 0 Å². The van der Waals surface area contributed by atoms with E-state index < -0.39 is 6.09 Å². The van der Waals surface area contributed by atoms with Crippen molar-refractivity contribution in [2.24, 2.45) is 0 Å². The first-order valence-electron chi connectivity index (χ1n) is 5.14. The van der Waals surface area contributed by atoms with Gasteiger partial charge in [-0.3, -0.25) is 0 Å². The van der Waals surface area contributed by atoms with Crippen molar-refractivity contribution < 1.29 is 9.90 Å². The third-order valence-electron chi connectivity index (χ3n) is 2.80. The monoisotopic (exact) mass is 226 g/mol. The van der Waals surface area contributed by atoms with Crippen molar-refractivity contribution >= 4 is 17.4 Å². The molecule has 2 rings (SSSR count). The molecule has 0 saturated heterocycles. The zero-order chi connectivity index (χ0) is 10.7. The zero-order valence-corrected chi connectivity index (χ0v) is 9.17. The molecule has 1 amide bonds. The molecule has 1 heterocycles. The van der Waals surface area contributed by atoms with E-state index in [-0.39, 0.29) is 6.04 Å². The molecule has 1 fully saturated rings. The number of thiazole rings is 1. The minimum atomic E-state index is -0.917. The summed E-state index contributed by atoms with van der Waals surface area (Å²) in [6.07, 6.45) is 4.95. The molecule has 1 aromatic rings. The van der Waals surface area contributed by atoms with Crippen LogP contribution in [0.4, 0.5) is 4.79 Å². The van der Waals surface area contributed by atoms with Crippen LogP contribution in [-0.2, 0) is 0 Å². The summed E-state index contributed by atoms with van der Waals surface area (Å²) >= 11 is 1.66. The Hall–Kier alpha value is -1.10. The molecule has 0 aromatic carbocycles. The smallest absolute Gasteiger partial charge is 0.404 e. The standard InChI is InChI=1S/C10H14N2O2S/c13-10(14)12-8-3-1-2-7(6-8)9-11-4-5-15-9/h4-5,7-8,12H,1-3,6H2,(H,13,14). The minimum absolute atomic E-state index is 0.102. The van der Waals surface area contributed by atoms with Crippen LogP contribution < -0.4 is 5.32 Å². The van der Waals surface area contributed by atoms with Crippen LogP contribution in [0.2, 0.25) is 0 Å². The molecule has 0 radical (unpaired) electrons. The van der Waals surface area contributed by atoms with Gasteiger partial charge in [0, 0.05) is 23.5 Å². The predicted octanol–water partition coefficient (Wildman–Crippen LogP) is 2.44. The number of nitrogens with one attached hydrogen (secondary N) is 1. The minimum Gasteiger partial charge on any atom is -0.465 e. The lowest BCUT2D eigenvalue weighted by atomic mass is 9.86. The van der Waals surface area contributed by atoms with E-state index >= 15 is 0 Å². The lowest BCUT2D eigenvalue weighted by molar-refractivity contribution is 0.184. The van der Waals surface area contributed by atoms with Crippen molar-refractivity contribution in [1.29, 1.82) is 0 Å². The Balaban J connectivity index is 1.95. The summed E-state index contributed by atoms with van der Waals surface area (Å²) in [4.78, 5) is 14.8. The summed E-state index contributed by atoms with van der Waals surface area (Å²) in [6.45, 7) is 0. The van der Waals surface area contributed by atoms with Gasteiger partial charge in [0.2, 0.25) is 0 Å². The zero-order valence-electron chi connectivity index (χ0n) is 8.35. The van der Waals surface area contributed by atoms with Gasteiger partial charge in [-0.2, -0.15) is 0 Å². The Morgan fingerprint density at radius 3 is 3.13 bits per heavy atom. The van der Waals surface area contributed by atoms with Crippen molar-refractivity contribution in [2.75, 3.05) is 0 Å². The summed E-state index contributed by atoms with van der Waals surface area (Å²) in [5, 5.41) is 14.3. The van der Waals surface area contributed by atoms with Crippen molar-refractivity contribution in [2.45, 2.75) is 37.6 Å². The van der Waals surface area contributed by atoms with Gasteiger partial charge in [0.15, 0.2) is 0 Å². The van der Waals surface area contributed by atoms with E-state index in [4.69, 9.17) is 5.11 Å². The van der Waals surface area contributed by atoms with Gasteiger partial charge in [-0.15, -0.1) is 11.3 Å². The summed E-state index contributed by atoms with van der Waals surface area (Å²) in [6, 6.07) is 0.102. The van der Waals surface area contributed by atoms with Gasteiger partial charge in [-0.1, -0.05) is 6.42 Å². The molecule has 1 aliphatic carbocycles. The highest BCUT2D eigenvalue weighted by molar-refractivity contribution is 7.09. The van der Waals surface area contributed by atoms with E-state index in [0.29, 0.717) is 5.92 Å². The van der Waals surface area contributed by atoms with Crippen molar-refractivity contribution in [3.8, 4) is 0 Å². The molecule has 82 valence electrons. The molecule has 0 aliphatic heterocycles. The lowest BCUT2D eigenvalue weighted by Gasteiger charge is -2.27. The molecule has 0 bridgehead atoms. The number of aromatic nitrogens is 1. The normalized spacial score (nSPS) is 26.1. The fourth-order valence-electron chi connectivity index (χ4n) is 2.16. The molecule has 5 heteroatoms. The number of nitrogens with zero attached hydrogens (tertiary/aromatic N) is 1. The highest BCUT2D eigenvalue weighted by atomic mass is 32.1. The number of rotatable bonds is 2. The number of hydrogen-bond acceptors (Lipinski definition) is 3. The molecule has 0 spiro atoms. The molecule has 4 nitrogen and oxygen atoms in total. The van der Waals surface area contributed by atoms with Crippen LogP contribution in [0.1, 0.15) is 36.6 Å². The Morgan fingerprint density at radius 2 is 2.47 bits per heavy atom. The first-order valence-corrected chi connectivity index (χ1v) is 6.02. The van der Waals surface area contributed by atoms with E-state index in [2.05, 4.69) is 10.3 Å². The number of amides is 1. The first kappa shape index (κ1) is 10.4. The number of hydrogen-bond donors (Lipinski definition) is 2. The molecular weight excluding hydrogens is 212 g/mol. The van der Waals surface area contributed by atoms with Gasteiger partial charge in [0.25, 0.3) is 0 Å². The maximum Gasteiger partial charge on any atom is 0.404 e. The second-order valence-corrected chi connectivity index (χ2v) is 4.81. The second-order valence-electron chi connectivity index (χ2n) is 3.88. The van der Waals surface area contributed by atoms with E-state index in [1.54, 1.807) is 11.3 Å². The fourth-order valence-corrected chi connectivity index (χ4v) is 2.95. The lowest BCUT2D eigenvalue weighted by Crippen LogP contribution is -2.36. The third-order valence-corrected chi connectivity index (χ3v) is 3.74. The highest BCUT2D eigenvalue weighted by Crippen LogP contribution is 2.33. The third kappa shape index (κ3) is 2.68. The van der Waals surface area contributed by atoms with Crippen LogP contribution in [0, 0.1) is 0 Å². The Labute approximate surface area is 92.3 Å². The average Bonchev–Trinajstić information content (AvgIpc) is 2.69. The summed E-state index contributed by atoms with van der Waals surface area (Å²) in [7, 11) is 0. The van der Waals surface area contributed by atoms with Gasteiger partial charge < -0.3 is 10.4 Å². The number of carboxylic acid groups (broad SMARTS) is 1. The van der Waals surface area contributed by atoms with Gasteiger partial charge in [0.1, 0.15) is 0 Å². The quantitative estimate of drug-likeness (QED) is 0.814. The largest absolute Gasteiger partial charge is 0.465 e. The van der Waals surface area contributed by atoms with E-state index in [1.807, 2.05) is 11.6 Å². The van der Waals surface area contributed by atoms with Crippen LogP contribution in [0.3, 0.4) is 0 Å². The summed E-state index contributed by atoms with van der Waals surface area (Å²) < 4.78 is 0. The van der Waals surface area contributed by atoms with Crippen LogP contribution >= 0.6 is 11.3 Å². The van der Waals surface area contributed by atoms with Gasteiger partial charge >= 0.3 is 6.09 Å². The van der Waals surface area contributed by atoms with Crippen molar-refractivity contribution in [1.82, 2.24) is 10.3 Å². The van der Waals surface area contributed by atoms with Crippen molar-refractivity contribution in [3.05, 3.63) is 16.6 Å². The molecule has 2 N–H and O–H groups in total. The average molecular weight is 226 g/mol. The van der Waals surface area contributed by atoms with E-state index in [0.717, 1.165) is 30.7 Å².